The lowest BCUT2D eigenvalue weighted by molar-refractivity contribution is 0.593. The summed E-state index contributed by atoms with van der Waals surface area (Å²) < 4.78 is 24.3. The number of sulfone groups is 1. The Kier molecular flexibility index (Phi) is 5.98. The predicted molar refractivity (Wildman–Crippen MR) is 99.1 cm³/mol. The number of guanidine groups is 1. The molecular formula is C18H23N3O2S. The van der Waals surface area contributed by atoms with Gasteiger partial charge in [-0.15, -0.1) is 0 Å². The Balaban J connectivity index is 1.87. The molecule has 0 aliphatic carbocycles. The van der Waals surface area contributed by atoms with Gasteiger partial charge in [-0.1, -0.05) is 24.3 Å². The summed E-state index contributed by atoms with van der Waals surface area (Å²) in [6.07, 6.45) is 0.423. The molecule has 0 saturated carbocycles. The number of hydrogen-bond acceptors (Lipinski definition) is 3. The average Bonchev–Trinajstić information content (AvgIpc) is 2.51. The van der Waals surface area contributed by atoms with Crippen molar-refractivity contribution in [3.8, 4) is 0 Å². The molecule has 2 rings (SSSR count). The molecule has 0 heterocycles. The monoisotopic (exact) mass is 345 g/mol. The highest BCUT2D eigenvalue weighted by Gasteiger charge is 2.12. The zero-order chi connectivity index (χ0) is 17.6. The van der Waals surface area contributed by atoms with Gasteiger partial charge in [0.15, 0.2) is 15.8 Å². The number of rotatable bonds is 6. The predicted octanol–water partition coefficient (Wildman–Crippen LogP) is 2.89. The lowest BCUT2D eigenvalue weighted by Crippen LogP contribution is -2.23. The van der Waals surface area contributed by atoms with E-state index in [9.17, 15) is 8.42 Å². The Morgan fingerprint density at radius 2 is 1.71 bits per heavy atom. The summed E-state index contributed by atoms with van der Waals surface area (Å²) in [7, 11) is -3.26. The second-order valence-corrected chi connectivity index (χ2v) is 7.86. The first-order valence-corrected chi connectivity index (χ1v) is 9.45. The Bertz CT molecular complexity index is 795. The molecule has 0 unspecified atom stereocenters. The molecule has 0 saturated heterocycles. The quantitative estimate of drug-likeness (QED) is 0.479. The standard InChI is InChI=1S/C18H23N3O2S/c1-14-11-15(2)13-16(12-14)21-18(19)20-9-6-10-24(22,23)17-7-4-3-5-8-17/h3-5,7-8,11-13H,6,9-10H2,1-2H3,(H3,19,20,21). The van der Waals surface area contributed by atoms with E-state index in [1.54, 1.807) is 30.3 Å². The zero-order valence-electron chi connectivity index (χ0n) is 14.0. The molecule has 24 heavy (non-hydrogen) atoms. The number of nitrogens with zero attached hydrogens (tertiary/aromatic N) is 1. The van der Waals surface area contributed by atoms with Crippen LogP contribution in [0.3, 0.4) is 0 Å². The number of benzene rings is 2. The van der Waals surface area contributed by atoms with Crippen LogP contribution in [0.5, 0.6) is 0 Å². The van der Waals surface area contributed by atoms with Crippen molar-refractivity contribution < 1.29 is 8.42 Å². The highest BCUT2D eigenvalue weighted by molar-refractivity contribution is 7.91. The summed E-state index contributed by atoms with van der Waals surface area (Å²) >= 11 is 0. The van der Waals surface area contributed by atoms with Gasteiger partial charge in [-0.2, -0.15) is 0 Å². The van der Waals surface area contributed by atoms with Crippen LogP contribution >= 0.6 is 0 Å². The van der Waals surface area contributed by atoms with E-state index in [0.29, 0.717) is 17.9 Å². The molecular weight excluding hydrogens is 322 g/mol. The van der Waals surface area contributed by atoms with Crippen molar-refractivity contribution in [1.82, 2.24) is 0 Å². The molecule has 0 aliphatic rings. The molecule has 5 nitrogen and oxygen atoms in total. The lowest BCUT2D eigenvalue weighted by atomic mass is 10.1. The smallest absolute Gasteiger partial charge is 0.193 e. The van der Waals surface area contributed by atoms with Gasteiger partial charge in [0.2, 0.25) is 0 Å². The maximum absolute atomic E-state index is 12.1. The van der Waals surface area contributed by atoms with Gasteiger partial charge in [-0.25, -0.2) is 8.42 Å². The number of anilines is 1. The first-order chi connectivity index (χ1) is 11.4. The summed E-state index contributed by atoms with van der Waals surface area (Å²) in [5, 5.41) is 3.03. The van der Waals surface area contributed by atoms with Gasteiger partial charge in [-0.3, -0.25) is 4.99 Å². The summed E-state index contributed by atoms with van der Waals surface area (Å²) in [6.45, 7) is 4.38. The lowest BCUT2D eigenvalue weighted by Gasteiger charge is -2.08. The van der Waals surface area contributed by atoms with Crippen molar-refractivity contribution in [3.05, 3.63) is 59.7 Å². The van der Waals surface area contributed by atoms with Crippen molar-refractivity contribution in [3.63, 3.8) is 0 Å². The van der Waals surface area contributed by atoms with Crippen LogP contribution in [-0.2, 0) is 9.84 Å². The molecule has 0 fully saturated rings. The Morgan fingerprint density at radius 1 is 1.08 bits per heavy atom. The second-order valence-electron chi connectivity index (χ2n) is 5.75. The number of aliphatic imine (C=N–C) groups is 1. The molecule has 0 radical (unpaired) electrons. The topological polar surface area (TPSA) is 84.5 Å². The summed E-state index contributed by atoms with van der Waals surface area (Å²) in [5.41, 5.74) is 9.01. The van der Waals surface area contributed by atoms with Gasteiger partial charge in [-0.05, 0) is 55.7 Å². The van der Waals surface area contributed by atoms with Crippen LogP contribution in [0.15, 0.2) is 58.4 Å². The number of nitrogens with one attached hydrogen (secondary N) is 1. The van der Waals surface area contributed by atoms with Gasteiger partial charge in [0.1, 0.15) is 0 Å². The van der Waals surface area contributed by atoms with E-state index in [1.165, 1.54) is 0 Å². The minimum absolute atomic E-state index is 0.0529. The van der Waals surface area contributed by atoms with Crippen LogP contribution in [0.4, 0.5) is 5.69 Å². The van der Waals surface area contributed by atoms with Gasteiger partial charge >= 0.3 is 0 Å². The highest BCUT2D eigenvalue weighted by Crippen LogP contribution is 2.13. The maximum atomic E-state index is 12.1. The molecule has 0 bridgehead atoms. The molecule has 0 atom stereocenters. The van der Waals surface area contributed by atoms with Gasteiger partial charge < -0.3 is 11.1 Å². The first kappa shape index (κ1) is 18.0. The Labute approximate surface area is 143 Å². The van der Waals surface area contributed by atoms with Crippen LogP contribution in [-0.4, -0.2) is 26.7 Å². The molecule has 6 heteroatoms. The van der Waals surface area contributed by atoms with E-state index in [1.807, 2.05) is 26.0 Å². The molecule has 0 spiro atoms. The van der Waals surface area contributed by atoms with Crippen LogP contribution in [0, 0.1) is 13.8 Å². The van der Waals surface area contributed by atoms with E-state index >= 15 is 0 Å². The SMILES string of the molecule is Cc1cc(C)cc(NC(N)=NCCCS(=O)(=O)c2ccccc2)c1. The maximum Gasteiger partial charge on any atom is 0.193 e. The minimum Gasteiger partial charge on any atom is -0.370 e. The number of hydrogen-bond donors (Lipinski definition) is 2. The largest absolute Gasteiger partial charge is 0.370 e. The van der Waals surface area contributed by atoms with Crippen molar-refractivity contribution in [2.24, 2.45) is 10.7 Å². The van der Waals surface area contributed by atoms with Crippen LogP contribution in [0.2, 0.25) is 0 Å². The fourth-order valence-electron chi connectivity index (χ4n) is 2.43. The number of nitrogens with two attached hydrogens (primary N) is 1. The van der Waals surface area contributed by atoms with Gasteiger partial charge in [0.05, 0.1) is 10.6 Å². The zero-order valence-corrected chi connectivity index (χ0v) is 14.8. The third kappa shape index (κ3) is 5.38. The second kappa shape index (κ2) is 7.97. The third-order valence-corrected chi connectivity index (χ3v) is 5.27. The fraction of sp³-hybridized carbons (Fsp3) is 0.278. The summed E-state index contributed by atoms with van der Waals surface area (Å²) in [4.78, 5) is 4.54. The van der Waals surface area contributed by atoms with E-state index < -0.39 is 9.84 Å². The Hall–Kier alpha value is -2.34. The number of aryl methyl sites for hydroxylation is 2. The van der Waals surface area contributed by atoms with E-state index in [2.05, 4.69) is 16.4 Å². The first-order valence-electron chi connectivity index (χ1n) is 7.80. The van der Waals surface area contributed by atoms with Gasteiger partial charge in [0, 0.05) is 12.2 Å². The summed E-state index contributed by atoms with van der Waals surface area (Å²) in [5.74, 6) is 0.342. The highest BCUT2D eigenvalue weighted by atomic mass is 32.2. The van der Waals surface area contributed by atoms with Gasteiger partial charge in [0.25, 0.3) is 0 Å². The third-order valence-electron chi connectivity index (χ3n) is 3.45. The van der Waals surface area contributed by atoms with Crippen molar-refractivity contribution >= 4 is 21.5 Å². The van der Waals surface area contributed by atoms with Crippen LogP contribution < -0.4 is 11.1 Å². The fourth-order valence-corrected chi connectivity index (χ4v) is 3.75. The molecule has 2 aromatic carbocycles. The van der Waals surface area contributed by atoms with E-state index in [4.69, 9.17) is 5.73 Å². The molecule has 3 N–H and O–H groups in total. The minimum atomic E-state index is -3.26. The Morgan fingerprint density at radius 3 is 2.33 bits per heavy atom. The van der Waals surface area contributed by atoms with Crippen molar-refractivity contribution in [2.75, 3.05) is 17.6 Å². The van der Waals surface area contributed by atoms with E-state index in [-0.39, 0.29) is 11.7 Å². The molecule has 0 aromatic heterocycles. The van der Waals surface area contributed by atoms with Crippen molar-refractivity contribution in [2.45, 2.75) is 25.2 Å². The van der Waals surface area contributed by atoms with Crippen LogP contribution in [0.1, 0.15) is 17.5 Å². The normalized spacial score (nSPS) is 12.2. The van der Waals surface area contributed by atoms with Crippen molar-refractivity contribution in [1.29, 1.82) is 0 Å². The van der Waals surface area contributed by atoms with E-state index in [0.717, 1.165) is 16.8 Å². The summed E-state index contributed by atoms with van der Waals surface area (Å²) in [6, 6.07) is 14.5. The molecule has 0 aliphatic heterocycles. The average molecular weight is 345 g/mol. The molecule has 0 amide bonds. The molecule has 2 aromatic rings. The molecule has 128 valence electrons. The van der Waals surface area contributed by atoms with Crippen LogP contribution in [0.25, 0.3) is 0 Å².